The summed E-state index contributed by atoms with van der Waals surface area (Å²) in [4.78, 5) is 0. The van der Waals surface area contributed by atoms with Crippen molar-refractivity contribution in [2.24, 2.45) is 7.05 Å². The van der Waals surface area contributed by atoms with Gasteiger partial charge in [0.2, 0.25) is 0 Å². The van der Waals surface area contributed by atoms with E-state index >= 15 is 0 Å². The van der Waals surface area contributed by atoms with Gasteiger partial charge in [0, 0.05) is 18.2 Å². The minimum absolute atomic E-state index is 0.747. The van der Waals surface area contributed by atoms with Gasteiger partial charge in [-0.2, -0.15) is 5.10 Å². The van der Waals surface area contributed by atoms with Crippen molar-refractivity contribution in [1.29, 1.82) is 0 Å². The van der Waals surface area contributed by atoms with E-state index in [4.69, 9.17) is 10.5 Å². The molecule has 1 heterocycles. The molecule has 0 atom stereocenters. The van der Waals surface area contributed by atoms with Gasteiger partial charge in [-0.05, 0) is 25.0 Å². The molecule has 0 fully saturated rings. The molecule has 4 nitrogen and oxygen atoms in total. The fraction of sp³-hybridized carbons (Fsp3) is 0.400. The van der Waals surface area contributed by atoms with Gasteiger partial charge in [-0.25, -0.2) is 0 Å². The maximum absolute atomic E-state index is 6.10. The summed E-state index contributed by atoms with van der Waals surface area (Å²) in [5.74, 6) is 1.63. The van der Waals surface area contributed by atoms with E-state index in [-0.39, 0.29) is 0 Å². The van der Waals surface area contributed by atoms with Crippen molar-refractivity contribution in [2.45, 2.75) is 26.7 Å². The van der Waals surface area contributed by atoms with Crippen LogP contribution in [0.25, 0.3) is 11.3 Å². The summed E-state index contributed by atoms with van der Waals surface area (Å²) in [6.07, 6.45) is 1.98. The molecule has 0 aliphatic carbocycles. The fourth-order valence-corrected chi connectivity index (χ4v) is 2.28. The average Bonchev–Trinajstić information content (AvgIpc) is 2.68. The smallest absolute Gasteiger partial charge is 0.125 e. The van der Waals surface area contributed by atoms with E-state index in [1.165, 1.54) is 0 Å². The Morgan fingerprint density at radius 1 is 1.37 bits per heavy atom. The highest BCUT2D eigenvalue weighted by atomic mass is 16.5. The van der Waals surface area contributed by atoms with Crippen molar-refractivity contribution in [3.8, 4) is 17.0 Å². The van der Waals surface area contributed by atoms with Gasteiger partial charge in [0.25, 0.3) is 0 Å². The second-order valence-electron chi connectivity index (χ2n) is 4.77. The molecule has 19 heavy (non-hydrogen) atoms. The van der Waals surface area contributed by atoms with Crippen molar-refractivity contribution < 1.29 is 4.74 Å². The molecule has 0 aliphatic rings. The second kappa shape index (κ2) is 5.34. The van der Waals surface area contributed by atoms with Crippen molar-refractivity contribution >= 4 is 5.82 Å². The van der Waals surface area contributed by atoms with Gasteiger partial charge in [-0.3, -0.25) is 4.68 Å². The van der Waals surface area contributed by atoms with E-state index in [2.05, 4.69) is 24.2 Å². The number of anilines is 1. The standard InChI is InChI=1S/C15H21N3O/c1-5-6-12-14(17-18(3)15(12)16)11-8-7-10(2)13(9-11)19-4/h7-9H,5-6,16H2,1-4H3. The minimum Gasteiger partial charge on any atom is -0.496 e. The number of hydrogen-bond acceptors (Lipinski definition) is 3. The van der Waals surface area contributed by atoms with Crippen LogP contribution in [0.3, 0.4) is 0 Å². The molecule has 0 spiro atoms. The SMILES string of the molecule is CCCc1c(-c2ccc(C)c(OC)c2)nn(C)c1N. The van der Waals surface area contributed by atoms with Gasteiger partial charge in [0.1, 0.15) is 11.6 Å². The Balaban J connectivity index is 2.55. The predicted molar refractivity (Wildman–Crippen MR) is 78.3 cm³/mol. The van der Waals surface area contributed by atoms with Crippen LogP contribution in [0, 0.1) is 6.92 Å². The first kappa shape index (κ1) is 13.5. The molecule has 102 valence electrons. The number of nitrogens with two attached hydrogens (primary N) is 1. The Kier molecular flexibility index (Phi) is 3.79. The topological polar surface area (TPSA) is 53.1 Å². The van der Waals surface area contributed by atoms with E-state index < -0.39 is 0 Å². The highest BCUT2D eigenvalue weighted by Crippen LogP contribution is 2.31. The van der Waals surface area contributed by atoms with E-state index in [0.717, 1.165) is 46.8 Å². The molecule has 1 aromatic heterocycles. The van der Waals surface area contributed by atoms with Crippen LogP contribution in [0.15, 0.2) is 18.2 Å². The van der Waals surface area contributed by atoms with Gasteiger partial charge in [0.05, 0.1) is 12.8 Å². The summed E-state index contributed by atoms with van der Waals surface area (Å²) in [7, 11) is 3.56. The molecule has 1 aromatic carbocycles. The number of rotatable bonds is 4. The third kappa shape index (κ3) is 2.43. The molecule has 0 radical (unpaired) electrons. The average molecular weight is 259 g/mol. The van der Waals surface area contributed by atoms with Crippen LogP contribution in [-0.4, -0.2) is 16.9 Å². The third-order valence-electron chi connectivity index (χ3n) is 3.38. The predicted octanol–water partition coefficient (Wildman–Crippen LogP) is 2.94. The molecule has 0 aliphatic heterocycles. The summed E-state index contributed by atoms with van der Waals surface area (Å²) < 4.78 is 7.12. The Morgan fingerprint density at radius 2 is 2.11 bits per heavy atom. The molecule has 0 amide bonds. The molecule has 2 aromatic rings. The fourth-order valence-electron chi connectivity index (χ4n) is 2.28. The Labute approximate surface area is 114 Å². The largest absolute Gasteiger partial charge is 0.496 e. The number of benzene rings is 1. The Morgan fingerprint density at radius 3 is 2.74 bits per heavy atom. The summed E-state index contributed by atoms with van der Waals surface area (Å²) in [6.45, 7) is 4.17. The van der Waals surface area contributed by atoms with Crippen LogP contribution in [0.4, 0.5) is 5.82 Å². The molecule has 0 unspecified atom stereocenters. The summed E-state index contributed by atoms with van der Waals surface area (Å²) in [6, 6.07) is 6.14. The molecular weight excluding hydrogens is 238 g/mol. The van der Waals surface area contributed by atoms with Crippen molar-refractivity contribution in [3.63, 3.8) is 0 Å². The highest BCUT2D eigenvalue weighted by molar-refractivity contribution is 5.70. The second-order valence-corrected chi connectivity index (χ2v) is 4.77. The first-order valence-corrected chi connectivity index (χ1v) is 6.54. The molecular formula is C15H21N3O. The lowest BCUT2D eigenvalue weighted by Gasteiger charge is -2.07. The monoisotopic (exact) mass is 259 g/mol. The Hall–Kier alpha value is -1.97. The van der Waals surface area contributed by atoms with Gasteiger partial charge in [0.15, 0.2) is 0 Å². The molecule has 0 bridgehead atoms. The van der Waals surface area contributed by atoms with Crippen molar-refractivity contribution in [3.05, 3.63) is 29.3 Å². The number of nitrogens with zero attached hydrogens (tertiary/aromatic N) is 2. The van der Waals surface area contributed by atoms with Gasteiger partial charge in [-0.15, -0.1) is 0 Å². The van der Waals surface area contributed by atoms with E-state index in [1.54, 1.807) is 11.8 Å². The molecule has 2 N–H and O–H groups in total. The lowest BCUT2D eigenvalue weighted by molar-refractivity contribution is 0.412. The van der Waals surface area contributed by atoms with Crippen molar-refractivity contribution in [2.75, 3.05) is 12.8 Å². The molecule has 2 rings (SSSR count). The number of ether oxygens (including phenoxy) is 1. The number of aromatic nitrogens is 2. The number of nitrogen functional groups attached to an aromatic ring is 1. The molecule has 0 saturated heterocycles. The maximum atomic E-state index is 6.10. The van der Waals surface area contributed by atoms with Crippen LogP contribution in [0.5, 0.6) is 5.75 Å². The summed E-state index contributed by atoms with van der Waals surface area (Å²) in [5.41, 5.74) is 10.3. The van der Waals surface area contributed by atoms with Crippen LogP contribution in [0.2, 0.25) is 0 Å². The zero-order valence-corrected chi connectivity index (χ0v) is 12.0. The van der Waals surface area contributed by atoms with E-state index in [9.17, 15) is 0 Å². The molecule has 0 saturated carbocycles. The van der Waals surface area contributed by atoms with E-state index in [1.807, 2.05) is 20.0 Å². The van der Waals surface area contributed by atoms with Crippen LogP contribution in [0.1, 0.15) is 24.5 Å². The first-order chi connectivity index (χ1) is 9.08. The van der Waals surface area contributed by atoms with E-state index in [0.29, 0.717) is 0 Å². The van der Waals surface area contributed by atoms with Crippen LogP contribution in [-0.2, 0) is 13.5 Å². The zero-order valence-electron chi connectivity index (χ0n) is 12.0. The Bertz CT molecular complexity index is 587. The van der Waals surface area contributed by atoms with Crippen LogP contribution >= 0.6 is 0 Å². The van der Waals surface area contributed by atoms with Gasteiger partial charge >= 0.3 is 0 Å². The molecule has 4 heteroatoms. The number of methoxy groups -OCH3 is 1. The number of hydrogen-bond donors (Lipinski definition) is 1. The third-order valence-corrected chi connectivity index (χ3v) is 3.38. The zero-order chi connectivity index (χ0) is 14.0. The highest BCUT2D eigenvalue weighted by Gasteiger charge is 2.15. The van der Waals surface area contributed by atoms with Gasteiger partial charge in [-0.1, -0.05) is 25.5 Å². The lowest BCUT2D eigenvalue weighted by Crippen LogP contribution is -1.99. The minimum atomic E-state index is 0.747. The summed E-state index contributed by atoms with van der Waals surface area (Å²) >= 11 is 0. The lowest BCUT2D eigenvalue weighted by atomic mass is 10.0. The summed E-state index contributed by atoms with van der Waals surface area (Å²) in [5, 5.41) is 4.54. The van der Waals surface area contributed by atoms with Gasteiger partial charge < -0.3 is 10.5 Å². The number of aryl methyl sites for hydroxylation is 2. The maximum Gasteiger partial charge on any atom is 0.125 e. The van der Waals surface area contributed by atoms with Crippen molar-refractivity contribution in [1.82, 2.24) is 9.78 Å². The van der Waals surface area contributed by atoms with Crippen LogP contribution < -0.4 is 10.5 Å². The normalized spacial score (nSPS) is 10.7. The quantitative estimate of drug-likeness (QED) is 0.918. The first-order valence-electron chi connectivity index (χ1n) is 6.54.